The van der Waals surface area contributed by atoms with Crippen molar-refractivity contribution >= 4 is 11.6 Å². The van der Waals surface area contributed by atoms with Gasteiger partial charge in [0.1, 0.15) is 5.76 Å². The summed E-state index contributed by atoms with van der Waals surface area (Å²) in [6.07, 6.45) is 0. The Kier molecular flexibility index (Phi) is 4.49. The molecule has 80 valence electrons. The van der Waals surface area contributed by atoms with Crippen molar-refractivity contribution in [3.63, 3.8) is 0 Å². The summed E-state index contributed by atoms with van der Waals surface area (Å²) in [5.41, 5.74) is 0. The second-order valence-corrected chi connectivity index (χ2v) is 4.43. The SMILES string of the molecule is CC(C)C(C)CNCc1ccc(Cl)o1. The summed E-state index contributed by atoms with van der Waals surface area (Å²) >= 11 is 5.66. The van der Waals surface area contributed by atoms with Crippen LogP contribution in [0.2, 0.25) is 5.22 Å². The molecule has 1 atom stereocenters. The normalized spacial score (nSPS) is 13.5. The highest BCUT2D eigenvalue weighted by molar-refractivity contribution is 6.28. The summed E-state index contributed by atoms with van der Waals surface area (Å²) < 4.78 is 5.23. The van der Waals surface area contributed by atoms with Crippen molar-refractivity contribution in [1.29, 1.82) is 0 Å². The molecule has 2 nitrogen and oxygen atoms in total. The predicted molar refractivity (Wildman–Crippen MR) is 59.4 cm³/mol. The van der Waals surface area contributed by atoms with Gasteiger partial charge in [0.2, 0.25) is 0 Å². The Morgan fingerprint density at radius 3 is 2.57 bits per heavy atom. The van der Waals surface area contributed by atoms with E-state index in [1.807, 2.05) is 6.07 Å². The van der Waals surface area contributed by atoms with E-state index < -0.39 is 0 Å². The monoisotopic (exact) mass is 215 g/mol. The van der Waals surface area contributed by atoms with Gasteiger partial charge in [0.15, 0.2) is 5.22 Å². The molecule has 1 rings (SSSR count). The molecule has 0 saturated carbocycles. The first-order chi connectivity index (χ1) is 6.59. The van der Waals surface area contributed by atoms with Crippen LogP contribution in [0.15, 0.2) is 16.5 Å². The molecule has 1 aromatic heterocycles. The molecule has 3 heteroatoms. The number of hydrogen-bond acceptors (Lipinski definition) is 2. The van der Waals surface area contributed by atoms with Crippen molar-refractivity contribution in [2.24, 2.45) is 11.8 Å². The fraction of sp³-hybridized carbons (Fsp3) is 0.636. The maximum atomic E-state index is 5.66. The summed E-state index contributed by atoms with van der Waals surface area (Å²) in [6, 6.07) is 3.67. The third-order valence-corrected chi connectivity index (χ3v) is 2.74. The van der Waals surface area contributed by atoms with Gasteiger partial charge in [-0.25, -0.2) is 0 Å². The Morgan fingerprint density at radius 1 is 1.36 bits per heavy atom. The first-order valence-corrected chi connectivity index (χ1v) is 5.42. The molecule has 0 radical (unpaired) electrons. The van der Waals surface area contributed by atoms with E-state index in [-0.39, 0.29) is 0 Å². The van der Waals surface area contributed by atoms with Crippen LogP contribution in [0.25, 0.3) is 0 Å². The lowest BCUT2D eigenvalue weighted by Crippen LogP contribution is -2.23. The van der Waals surface area contributed by atoms with Crippen LogP contribution in [0.3, 0.4) is 0 Å². The van der Waals surface area contributed by atoms with Crippen molar-refractivity contribution in [2.75, 3.05) is 6.54 Å². The van der Waals surface area contributed by atoms with E-state index in [2.05, 4.69) is 26.1 Å². The Hall–Kier alpha value is -0.470. The van der Waals surface area contributed by atoms with E-state index in [9.17, 15) is 0 Å². The van der Waals surface area contributed by atoms with Gasteiger partial charge in [0.05, 0.1) is 6.54 Å². The zero-order chi connectivity index (χ0) is 10.6. The first-order valence-electron chi connectivity index (χ1n) is 5.04. The third-order valence-electron chi connectivity index (χ3n) is 2.53. The predicted octanol–water partition coefficient (Wildman–Crippen LogP) is 3.31. The number of furan rings is 1. The van der Waals surface area contributed by atoms with Gasteiger partial charge in [-0.15, -0.1) is 0 Å². The molecule has 0 aliphatic rings. The second kappa shape index (κ2) is 5.42. The van der Waals surface area contributed by atoms with E-state index in [0.29, 0.717) is 17.1 Å². The summed E-state index contributed by atoms with van der Waals surface area (Å²) in [5, 5.41) is 3.80. The van der Waals surface area contributed by atoms with Gasteiger partial charge in [-0.1, -0.05) is 20.8 Å². The van der Waals surface area contributed by atoms with E-state index in [4.69, 9.17) is 16.0 Å². The summed E-state index contributed by atoms with van der Waals surface area (Å²) in [7, 11) is 0. The van der Waals surface area contributed by atoms with Gasteiger partial charge >= 0.3 is 0 Å². The second-order valence-electron chi connectivity index (χ2n) is 4.06. The first kappa shape index (κ1) is 11.6. The van der Waals surface area contributed by atoms with Gasteiger partial charge in [-0.3, -0.25) is 0 Å². The molecule has 0 amide bonds. The summed E-state index contributed by atoms with van der Waals surface area (Å²) in [4.78, 5) is 0. The lowest BCUT2D eigenvalue weighted by Gasteiger charge is -2.15. The van der Waals surface area contributed by atoms with Crippen LogP contribution in [0.4, 0.5) is 0 Å². The molecule has 0 aliphatic carbocycles. The minimum Gasteiger partial charge on any atom is -0.448 e. The topological polar surface area (TPSA) is 25.2 Å². The van der Waals surface area contributed by atoms with Crippen LogP contribution < -0.4 is 5.32 Å². The van der Waals surface area contributed by atoms with Crippen molar-refractivity contribution in [2.45, 2.75) is 27.3 Å². The van der Waals surface area contributed by atoms with Crippen LogP contribution in [0.1, 0.15) is 26.5 Å². The zero-order valence-corrected chi connectivity index (χ0v) is 9.77. The minimum atomic E-state index is 0.457. The summed E-state index contributed by atoms with van der Waals surface area (Å²) in [6.45, 7) is 8.47. The van der Waals surface area contributed by atoms with Crippen molar-refractivity contribution in [1.82, 2.24) is 5.32 Å². The van der Waals surface area contributed by atoms with Crippen molar-refractivity contribution in [3.8, 4) is 0 Å². The number of rotatable bonds is 5. The standard InChI is InChI=1S/C11H18ClNO/c1-8(2)9(3)6-13-7-10-4-5-11(12)14-10/h4-5,8-9,13H,6-7H2,1-3H3. The molecule has 0 bridgehead atoms. The highest BCUT2D eigenvalue weighted by atomic mass is 35.5. The average molecular weight is 216 g/mol. The molecule has 0 fully saturated rings. The molecule has 0 spiro atoms. The third kappa shape index (κ3) is 3.72. The van der Waals surface area contributed by atoms with Gasteiger partial charge in [0, 0.05) is 0 Å². The highest BCUT2D eigenvalue weighted by Crippen LogP contribution is 2.13. The van der Waals surface area contributed by atoms with Crippen LogP contribution in [0.5, 0.6) is 0 Å². The molecular weight excluding hydrogens is 198 g/mol. The van der Waals surface area contributed by atoms with Gasteiger partial charge in [0.25, 0.3) is 0 Å². The smallest absolute Gasteiger partial charge is 0.193 e. The Morgan fingerprint density at radius 2 is 2.07 bits per heavy atom. The molecule has 14 heavy (non-hydrogen) atoms. The van der Waals surface area contributed by atoms with Crippen molar-refractivity contribution < 1.29 is 4.42 Å². The lowest BCUT2D eigenvalue weighted by molar-refractivity contribution is 0.381. The quantitative estimate of drug-likeness (QED) is 0.815. The number of hydrogen-bond donors (Lipinski definition) is 1. The summed E-state index contributed by atoms with van der Waals surface area (Å²) in [5.74, 6) is 2.29. The van der Waals surface area contributed by atoms with Crippen molar-refractivity contribution in [3.05, 3.63) is 23.1 Å². The van der Waals surface area contributed by atoms with Gasteiger partial charge in [-0.05, 0) is 42.1 Å². The molecule has 1 unspecified atom stereocenters. The maximum absolute atomic E-state index is 5.66. The fourth-order valence-corrected chi connectivity index (χ4v) is 1.27. The van der Waals surface area contributed by atoms with Crippen LogP contribution in [-0.2, 0) is 6.54 Å². The molecule has 1 N–H and O–H groups in total. The molecule has 0 saturated heterocycles. The maximum Gasteiger partial charge on any atom is 0.193 e. The van der Waals surface area contributed by atoms with E-state index in [0.717, 1.165) is 18.8 Å². The molecule has 0 aromatic carbocycles. The highest BCUT2D eigenvalue weighted by Gasteiger charge is 2.06. The van der Waals surface area contributed by atoms with Gasteiger partial charge < -0.3 is 9.73 Å². The molecule has 1 heterocycles. The van der Waals surface area contributed by atoms with E-state index >= 15 is 0 Å². The molecule has 1 aromatic rings. The Bertz CT molecular complexity index is 270. The van der Waals surface area contributed by atoms with Crippen LogP contribution in [0, 0.1) is 11.8 Å². The minimum absolute atomic E-state index is 0.457. The fourth-order valence-electron chi connectivity index (χ4n) is 1.11. The van der Waals surface area contributed by atoms with Gasteiger partial charge in [-0.2, -0.15) is 0 Å². The number of nitrogens with one attached hydrogen (secondary N) is 1. The average Bonchev–Trinajstić information content (AvgIpc) is 2.51. The molecular formula is C11H18ClNO. The van der Waals surface area contributed by atoms with Crippen LogP contribution >= 0.6 is 11.6 Å². The van der Waals surface area contributed by atoms with Crippen LogP contribution in [-0.4, -0.2) is 6.54 Å². The largest absolute Gasteiger partial charge is 0.448 e. The van der Waals surface area contributed by atoms with E-state index in [1.165, 1.54) is 0 Å². The zero-order valence-electron chi connectivity index (χ0n) is 9.01. The number of halogens is 1. The molecule has 0 aliphatic heterocycles. The van der Waals surface area contributed by atoms with E-state index in [1.54, 1.807) is 6.07 Å². The lowest BCUT2D eigenvalue weighted by atomic mass is 9.98. The Labute approximate surface area is 90.6 Å². The Balaban J connectivity index is 2.22.